The first-order valence-corrected chi connectivity index (χ1v) is 9.04. The number of hydrogen-bond donors (Lipinski definition) is 1. The van der Waals surface area contributed by atoms with Gasteiger partial charge in [-0.15, -0.1) is 10.2 Å². The minimum Gasteiger partial charge on any atom is -0.466 e. The molecule has 1 heterocycles. The molecule has 7 nitrogen and oxygen atoms in total. The van der Waals surface area contributed by atoms with E-state index in [1.807, 2.05) is 0 Å². The summed E-state index contributed by atoms with van der Waals surface area (Å²) in [5.41, 5.74) is 0.0489. The summed E-state index contributed by atoms with van der Waals surface area (Å²) in [6.45, 7) is 3.67. The van der Waals surface area contributed by atoms with Gasteiger partial charge in [0.2, 0.25) is 5.91 Å². The second-order valence-electron chi connectivity index (χ2n) is 5.31. The predicted octanol–water partition coefficient (Wildman–Crippen LogP) is 2.83. The van der Waals surface area contributed by atoms with E-state index in [1.54, 1.807) is 25.5 Å². The highest BCUT2D eigenvalue weighted by Gasteiger charge is 2.21. The molecule has 26 heavy (non-hydrogen) atoms. The van der Waals surface area contributed by atoms with Crippen molar-refractivity contribution in [2.75, 3.05) is 11.9 Å². The van der Waals surface area contributed by atoms with Gasteiger partial charge >= 0.3 is 5.97 Å². The first kappa shape index (κ1) is 20.2. The average Bonchev–Trinajstić information content (AvgIpc) is 2.90. The van der Waals surface area contributed by atoms with Crippen molar-refractivity contribution in [1.29, 1.82) is 0 Å². The molecule has 0 aliphatic carbocycles. The van der Waals surface area contributed by atoms with Crippen molar-refractivity contribution in [1.82, 2.24) is 14.8 Å². The van der Waals surface area contributed by atoms with Gasteiger partial charge in [-0.2, -0.15) is 0 Å². The lowest BCUT2D eigenvalue weighted by molar-refractivity contribution is -0.142. The van der Waals surface area contributed by atoms with E-state index in [9.17, 15) is 14.0 Å². The van der Waals surface area contributed by atoms with Crippen molar-refractivity contribution in [3.05, 3.63) is 34.9 Å². The van der Waals surface area contributed by atoms with Crippen LogP contribution in [0, 0.1) is 5.82 Å². The molecule has 0 aliphatic heterocycles. The Kier molecular flexibility index (Phi) is 6.98. The van der Waals surface area contributed by atoms with Gasteiger partial charge in [-0.1, -0.05) is 23.4 Å². The number of hydrogen-bond acceptors (Lipinski definition) is 6. The zero-order valence-electron chi connectivity index (χ0n) is 14.5. The Morgan fingerprint density at radius 2 is 2.15 bits per heavy atom. The van der Waals surface area contributed by atoms with Crippen LogP contribution in [0.25, 0.3) is 0 Å². The molecular formula is C16H18ClFN4O3S. The van der Waals surface area contributed by atoms with Crippen LogP contribution in [0.4, 0.5) is 10.1 Å². The maximum atomic E-state index is 13.8. The third-order valence-electron chi connectivity index (χ3n) is 3.37. The van der Waals surface area contributed by atoms with E-state index in [0.29, 0.717) is 11.0 Å². The monoisotopic (exact) mass is 400 g/mol. The maximum absolute atomic E-state index is 13.8. The largest absolute Gasteiger partial charge is 0.466 e. The molecule has 0 radical (unpaired) electrons. The van der Waals surface area contributed by atoms with E-state index in [-0.39, 0.29) is 23.7 Å². The molecule has 2 rings (SSSR count). The molecule has 1 atom stereocenters. The summed E-state index contributed by atoms with van der Waals surface area (Å²) in [6, 6.07) is 4.01. The molecular weight excluding hydrogens is 383 g/mol. The fraction of sp³-hybridized carbons (Fsp3) is 0.375. The van der Waals surface area contributed by atoms with Gasteiger partial charge in [-0.25, -0.2) is 4.39 Å². The zero-order chi connectivity index (χ0) is 19.3. The van der Waals surface area contributed by atoms with Gasteiger partial charge in [0.25, 0.3) is 0 Å². The van der Waals surface area contributed by atoms with Crippen LogP contribution in [-0.4, -0.2) is 38.5 Å². The topological polar surface area (TPSA) is 86.1 Å². The Morgan fingerprint density at radius 3 is 2.81 bits per heavy atom. The summed E-state index contributed by atoms with van der Waals surface area (Å²) in [6.07, 6.45) is -0.00549. The second kappa shape index (κ2) is 9.00. The third-order valence-corrected chi connectivity index (χ3v) is 4.74. The van der Waals surface area contributed by atoms with Crippen molar-refractivity contribution in [3.8, 4) is 0 Å². The lowest BCUT2D eigenvalue weighted by Gasteiger charge is -2.12. The molecule has 1 aromatic heterocycles. The lowest BCUT2D eigenvalue weighted by Crippen LogP contribution is -2.23. The van der Waals surface area contributed by atoms with Crippen molar-refractivity contribution in [3.63, 3.8) is 0 Å². The van der Waals surface area contributed by atoms with E-state index in [1.165, 1.54) is 12.1 Å². The van der Waals surface area contributed by atoms with Gasteiger partial charge in [-0.3, -0.25) is 9.59 Å². The number of anilines is 1. The van der Waals surface area contributed by atoms with Gasteiger partial charge < -0.3 is 14.6 Å². The highest BCUT2D eigenvalue weighted by molar-refractivity contribution is 8.00. The molecule has 0 saturated heterocycles. The molecule has 1 aromatic carbocycles. The molecule has 2 aromatic rings. The molecule has 0 unspecified atom stereocenters. The van der Waals surface area contributed by atoms with E-state index in [0.717, 1.165) is 17.8 Å². The minimum absolute atomic E-state index is 0.00549. The van der Waals surface area contributed by atoms with E-state index in [4.69, 9.17) is 16.3 Å². The highest BCUT2D eigenvalue weighted by atomic mass is 35.5. The number of carbonyl (C=O) groups is 2. The fourth-order valence-corrected chi connectivity index (χ4v) is 2.97. The van der Waals surface area contributed by atoms with Crippen molar-refractivity contribution >= 4 is 40.9 Å². The number of rotatable bonds is 7. The predicted molar refractivity (Wildman–Crippen MR) is 96.7 cm³/mol. The van der Waals surface area contributed by atoms with E-state index >= 15 is 0 Å². The number of thioether (sulfide) groups is 1. The number of halogens is 2. The Labute approximate surface area is 159 Å². The number of esters is 1. The standard InChI is InChI=1S/C16H18ClFN4O3S/c1-4-25-14(23)8-13-20-21-16(22(13)3)26-9(2)15(24)19-12-6-5-10(17)7-11(12)18/h5-7,9H,4,8H2,1-3H3,(H,19,24)/t9-/m1/s1. The van der Waals surface area contributed by atoms with Gasteiger partial charge in [-0.05, 0) is 32.0 Å². The van der Waals surface area contributed by atoms with Crippen LogP contribution in [0.15, 0.2) is 23.4 Å². The second-order valence-corrected chi connectivity index (χ2v) is 7.06. The Morgan fingerprint density at radius 1 is 1.42 bits per heavy atom. The van der Waals surface area contributed by atoms with Crippen LogP contribution in [0.3, 0.4) is 0 Å². The van der Waals surface area contributed by atoms with Crippen molar-refractivity contribution in [2.24, 2.45) is 7.05 Å². The van der Waals surface area contributed by atoms with Gasteiger partial charge in [0.1, 0.15) is 18.1 Å². The zero-order valence-corrected chi connectivity index (χ0v) is 16.0. The third kappa shape index (κ3) is 5.18. The number of benzene rings is 1. The number of nitrogens with zero attached hydrogens (tertiary/aromatic N) is 3. The molecule has 0 spiro atoms. The Balaban J connectivity index is 2.00. The first-order valence-electron chi connectivity index (χ1n) is 7.78. The summed E-state index contributed by atoms with van der Waals surface area (Å²) in [4.78, 5) is 23.8. The fourth-order valence-electron chi connectivity index (χ4n) is 1.98. The summed E-state index contributed by atoms with van der Waals surface area (Å²) < 4.78 is 20.3. The number of amides is 1. The Hall–Kier alpha value is -2.13. The molecule has 10 heteroatoms. The summed E-state index contributed by atoms with van der Waals surface area (Å²) in [7, 11) is 1.69. The summed E-state index contributed by atoms with van der Waals surface area (Å²) >= 11 is 6.84. The van der Waals surface area contributed by atoms with Crippen LogP contribution in [0.5, 0.6) is 0 Å². The van der Waals surface area contributed by atoms with Crippen LogP contribution in [0.1, 0.15) is 19.7 Å². The normalized spacial score (nSPS) is 11.9. The van der Waals surface area contributed by atoms with E-state index < -0.39 is 22.9 Å². The minimum atomic E-state index is -0.613. The number of ether oxygens (including phenoxy) is 1. The molecule has 1 amide bonds. The number of aromatic nitrogens is 3. The van der Waals surface area contributed by atoms with Crippen LogP contribution in [-0.2, 0) is 27.8 Å². The van der Waals surface area contributed by atoms with Gasteiger partial charge in [0.15, 0.2) is 5.16 Å². The first-order chi connectivity index (χ1) is 12.3. The molecule has 0 aliphatic rings. The van der Waals surface area contributed by atoms with Gasteiger partial charge in [0.05, 0.1) is 17.5 Å². The van der Waals surface area contributed by atoms with Crippen molar-refractivity contribution < 1.29 is 18.7 Å². The maximum Gasteiger partial charge on any atom is 0.313 e. The SMILES string of the molecule is CCOC(=O)Cc1nnc(S[C@H](C)C(=O)Nc2ccc(Cl)cc2F)n1C. The Bertz CT molecular complexity index is 815. The van der Waals surface area contributed by atoms with E-state index in [2.05, 4.69) is 15.5 Å². The smallest absolute Gasteiger partial charge is 0.313 e. The number of carbonyl (C=O) groups excluding carboxylic acids is 2. The molecule has 0 saturated carbocycles. The molecule has 0 fully saturated rings. The molecule has 0 bridgehead atoms. The molecule has 140 valence electrons. The van der Waals surface area contributed by atoms with Gasteiger partial charge in [0, 0.05) is 12.1 Å². The summed E-state index contributed by atoms with van der Waals surface area (Å²) in [5.74, 6) is -0.976. The van der Waals surface area contributed by atoms with Crippen LogP contribution >= 0.6 is 23.4 Å². The summed E-state index contributed by atoms with van der Waals surface area (Å²) in [5, 5.41) is 10.6. The lowest BCUT2D eigenvalue weighted by atomic mass is 10.3. The quantitative estimate of drug-likeness (QED) is 0.568. The van der Waals surface area contributed by atoms with Crippen LogP contribution < -0.4 is 5.32 Å². The van der Waals surface area contributed by atoms with Crippen molar-refractivity contribution in [2.45, 2.75) is 30.7 Å². The number of nitrogens with one attached hydrogen (secondary N) is 1. The van der Waals surface area contributed by atoms with Crippen LogP contribution in [0.2, 0.25) is 5.02 Å². The average molecular weight is 401 g/mol. The molecule has 1 N–H and O–H groups in total. The highest BCUT2D eigenvalue weighted by Crippen LogP contribution is 2.24.